The summed E-state index contributed by atoms with van der Waals surface area (Å²) in [6.07, 6.45) is 0. The van der Waals surface area contributed by atoms with Crippen molar-refractivity contribution in [2.24, 2.45) is 0 Å². The van der Waals surface area contributed by atoms with Crippen molar-refractivity contribution in [1.29, 1.82) is 0 Å². The van der Waals surface area contributed by atoms with Crippen LogP contribution in [0.15, 0.2) is 42.5 Å². The molecule has 2 N–H and O–H groups in total. The molecule has 0 aliphatic heterocycles. The van der Waals surface area contributed by atoms with E-state index in [1.807, 2.05) is 0 Å². The SMILES string of the molecule is Nc1ccc(Cl)c(-c2nnnn2Cc2ccc(F)cc2)c1. The van der Waals surface area contributed by atoms with Crippen molar-refractivity contribution in [3.8, 4) is 11.4 Å². The Kier molecular flexibility index (Phi) is 3.53. The van der Waals surface area contributed by atoms with E-state index in [4.69, 9.17) is 17.3 Å². The largest absolute Gasteiger partial charge is 0.399 e. The summed E-state index contributed by atoms with van der Waals surface area (Å²) in [5.41, 5.74) is 7.89. The van der Waals surface area contributed by atoms with Crippen molar-refractivity contribution in [2.45, 2.75) is 6.54 Å². The van der Waals surface area contributed by atoms with Gasteiger partial charge in [-0.15, -0.1) is 5.10 Å². The Balaban J connectivity index is 1.97. The Morgan fingerprint density at radius 1 is 1.14 bits per heavy atom. The molecule has 21 heavy (non-hydrogen) atoms. The molecule has 0 saturated heterocycles. The second kappa shape index (κ2) is 5.49. The minimum atomic E-state index is -0.283. The summed E-state index contributed by atoms with van der Waals surface area (Å²) in [5.74, 6) is 0.228. The Morgan fingerprint density at radius 2 is 1.90 bits per heavy atom. The molecule has 0 unspecified atom stereocenters. The van der Waals surface area contributed by atoms with Crippen LogP contribution in [0.5, 0.6) is 0 Å². The van der Waals surface area contributed by atoms with Gasteiger partial charge in [-0.25, -0.2) is 9.07 Å². The number of aromatic nitrogens is 4. The first-order chi connectivity index (χ1) is 10.1. The predicted octanol–water partition coefficient (Wildman–Crippen LogP) is 2.76. The summed E-state index contributed by atoms with van der Waals surface area (Å²) in [5, 5.41) is 12.1. The molecule has 3 rings (SSSR count). The highest BCUT2D eigenvalue weighted by atomic mass is 35.5. The monoisotopic (exact) mass is 303 g/mol. The van der Waals surface area contributed by atoms with E-state index in [1.165, 1.54) is 12.1 Å². The van der Waals surface area contributed by atoms with Crippen LogP contribution in [-0.2, 0) is 6.54 Å². The van der Waals surface area contributed by atoms with Crippen molar-refractivity contribution in [2.75, 3.05) is 5.73 Å². The van der Waals surface area contributed by atoms with Crippen LogP contribution in [0.25, 0.3) is 11.4 Å². The molecule has 2 aromatic carbocycles. The number of anilines is 1. The summed E-state index contributed by atoms with van der Waals surface area (Å²) in [6.45, 7) is 0.410. The zero-order chi connectivity index (χ0) is 14.8. The third kappa shape index (κ3) is 2.85. The van der Waals surface area contributed by atoms with Crippen LogP contribution >= 0.6 is 11.6 Å². The van der Waals surface area contributed by atoms with Gasteiger partial charge in [0.15, 0.2) is 5.82 Å². The normalized spacial score (nSPS) is 10.8. The van der Waals surface area contributed by atoms with Gasteiger partial charge < -0.3 is 5.73 Å². The highest BCUT2D eigenvalue weighted by Crippen LogP contribution is 2.28. The average Bonchev–Trinajstić information content (AvgIpc) is 2.92. The van der Waals surface area contributed by atoms with Gasteiger partial charge in [0.1, 0.15) is 5.82 Å². The molecule has 1 heterocycles. The van der Waals surface area contributed by atoms with Gasteiger partial charge in [-0.05, 0) is 46.3 Å². The van der Waals surface area contributed by atoms with E-state index in [2.05, 4.69) is 15.5 Å². The minimum absolute atomic E-state index is 0.283. The van der Waals surface area contributed by atoms with Gasteiger partial charge in [-0.1, -0.05) is 23.7 Å². The van der Waals surface area contributed by atoms with Crippen LogP contribution in [0, 0.1) is 5.82 Å². The molecule has 0 radical (unpaired) electrons. The number of benzene rings is 2. The average molecular weight is 304 g/mol. The molecular formula is C14H11ClFN5. The van der Waals surface area contributed by atoms with Crippen molar-refractivity contribution < 1.29 is 4.39 Å². The topological polar surface area (TPSA) is 69.6 Å². The van der Waals surface area contributed by atoms with Crippen molar-refractivity contribution >= 4 is 17.3 Å². The molecule has 0 saturated carbocycles. The Morgan fingerprint density at radius 3 is 2.67 bits per heavy atom. The smallest absolute Gasteiger partial charge is 0.183 e. The molecule has 7 heteroatoms. The van der Waals surface area contributed by atoms with Gasteiger partial charge in [-0.3, -0.25) is 0 Å². The van der Waals surface area contributed by atoms with Gasteiger partial charge in [0, 0.05) is 11.3 Å². The van der Waals surface area contributed by atoms with E-state index in [9.17, 15) is 4.39 Å². The highest BCUT2D eigenvalue weighted by molar-refractivity contribution is 6.33. The number of tetrazole rings is 1. The standard InChI is InChI=1S/C14H11ClFN5/c15-13-6-5-11(17)7-12(13)14-18-19-20-21(14)8-9-1-3-10(16)4-2-9/h1-7H,8,17H2. The van der Waals surface area contributed by atoms with Crippen LogP contribution in [-0.4, -0.2) is 20.2 Å². The summed E-state index contributed by atoms with van der Waals surface area (Å²) in [6, 6.07) is 11.3. The number of nitrogens with zero attached hydrogens (tertiary/aromatic N) is 4. The van der Waals surface area contributed by atoms with E-state index in [1.54, 1.807) is 35.0 Å². The Hall–Kier alpha value is -2.47. The highest BCUT2D eigenvalue weighted by Gasteiger charge is 2.13. The van der Waals surface area contributed by atoms with Gasteiger partial charge in [0.05, 0.1) is 11.6 Å². The molecule has 0 aliphatic rings. The predicted molar refractivity (Wildman–Crippen MR) is 78.2 cm³/mol. The molecule has 1 aromatic heterocycles. The number of halogens is 2. The van der Waals surface area contributed by atoms with Gasteiger partial charge in [0.2, 0.25) is 0 Å². The molecule has 106 valence electrons. The molecule has 0 bridgehead atoms. The van der Waals surface area contributed by atoms with Crippen molar-refractivity contribution in [1.82, 2.24) is 20.2 Å². The third-order valence-electron chi connectivity index (χ3n) is 3.01. The third-order valence-corrected chi connectivity index (χ3v) is 3.34. The van der Waals surface area contributed by atoms with E-state index < -0.39 is 0 Å². The lowest BCUT2D eigenvalue weighted by molar-refractivity contribution is 0.622. The van der Waals surface area contributed by atoms with Gasteiger partial charge in [-0.2, -0.15) is 0 Å². The molecule has 5 nitrogen and oxygen atoms in total. The number of hydrogen-bond acceptors (Lipinski definition) is 4. The molecule has 0 spiro atoms. The van der Waals surface area contributed by atoms with Crippen LogP contribution in [0.3, 0.4) is 0 Å². The molecule has 0 fully saturated rings. The minimum Gasteiger partial charge on any atom is -0.399 e. The lowest BCUT2D eigenvalue weighted by atomic mass is 10.1. The van der Waals surface area contributed by atoms with E-state index in [0.717, 1.165) is 5.56 Å². The zero-order valence-corrected chi connectivity index (χ0v) is 11.6. The van der Waals surface area contributed by atoms with E-state index in [-0.39, 0.29) is 5.82 Å². The lowest BCUT2D eigenvalue weighted by Crippen LogP contribution is -2.05. The fraction of sp³-hybridized carbons (Fsp3) is 0.0714. The van der Waals surface area contributed by atoms with E-state index in [0.29, 0.717) is 28.6 Å². The maximum Gasteiger partial charge on any atom is 0.183 e. The van der Waals surface area contributed by atoms with Crippen molar-refractivity contribution in [3.05, 3.63) is 58.9 Å². The number of rotatable bonds is 3. The first kappa shape index (κ1) is 13.5. The van der Waals surface area contributed by atoms with Crippen LogP contribution in [0.4, 0.5) is 10.1 Å². The lowest BCUT2D eigenvalue weighted by Gasteiger charge is -2.07. The van der Waals surface area contributed by atoms with Gasteiger partial charge >= 0.3 is 0 Å². The number of hydrogen-bond donors (Lipinski definition) is 1. The molecule has 3 aromatic rings. The zero-order valence-electron chi connectivity index (χ0n) is 10.9. The van der Waals surface area contributed by atoms with E-state index >= 15 is 0 Å². The number of nitrogen functional groups attached to an aromatic ring is 1. The summed E-state index contributed by atoms with van der Waals surface area (Å²) >= 11 is 6.17. The quantitative estimate of drug-likeness (QED) is 0.755. The maximum atomic E-state index is 12.9. The van der Waals surface area contributed by atoms with Crippen LogP contribution in [0.2, 0.25) is 5.02 Å². The molecule has 0 aliphatic carbocycles. The first-order valence-electron chi connectivity index (χ1n) is 6.19. The fourth-order valence-corrected chi connectivity index (χ4v) is 2.18. The van der Waals surface area contributed by atoms with Gasteiger partial charge in [0.25, 0.3) is 0 Å². The maximum absolute atomic E-state index is 12.9. The molecular weight excluding hydrogens is 293 g/mol. The first-order valence-corrected chi connectivity index (χ1v) is 6.57. The Bertz CT molecular complexity index is 769. The van der Waals surface area contributed by atoms with Crippen molar-refractivity contribution in [3.63, 3.8) is 0 Å². The summed E-state index contributed by atoms with van der Waals surface area (Å²) in [4.78, 5) is 0. The fourth-order valence-electron chi connectivity index (χ4n) is 1.98. The summed E-state index contributed by atoms with van der Waals surface area (Å²) in [7, 11) is 0. The van der Waals surface area contributed by atoms with Crippen LogP contribution in [0.1, 0.15) is 5.56 Å². The van der Waals surface area contributed by atoms with Crippen LogP contribution < -0.4 is 5.73 Å². The summed E-state index contributed by atoms with van der Waals surface area (Å²) < 4.78 is 14.5. The molecule has 0 atom stereocenters. The Labute approximate surface area is 125 Å². The second-order valence-corrected chi connectivity index (χ2v) is 4.93. The molecule has 0 amide bonds. The number of nitrogens with two attached hydrogens (primary N) is 1. The second-order valence-electron chi connectivity index (χ2n) is 4.53.